The minimum absolute atomic E-state index is 0.332. The Morgan fingerprint density at radius 3 is 2.17 bits per heavy atom. The Bertz CT molecular complexity index is 731. The second-order valence-electron chi connectivity index (χ2n) is 8.39. The van der Waals surface area contributed by atoms with Crippen molar-refractivity contribution in [3.63, 3.8) is 0 Å². The third-order valence-corrected chi connectivity index (χ3v) is 5.24. The summed E-state index contributed by atoms with van der Waals surface area (Å²) in [5.41, 5.74) is 0.972. The van der Waals surface area contributed by atoms with Gasteiger partial charge in [0, 0.05) is 0 Å². The van der Waals surface area contributed by atoms with Gasteiger partial charge in [-0.25, -0.2) is 0 Å². The summed E-state index contributed by atoms with van der Waals surface area (Å²) in [7, 11) is 1.63. The molecule has 0 aromatic heterocycles. The van der Waals surface area contributed by atoms with Crippen molar-refractivity contribution in [3.8, 4) is 5.75 Å². The molecule has 0 aliphatic carbocycles. The summed E-state index contributed by atoms with van der Waals surface area (Å²) in [6.07, 6.45) is -2.70. The molecule has 29 heavy (non-hydrogen) atoms. The molecule has 0 saturated carbocycles. The predicted molar refractivity (Wildman–Crippen MR) is 100 cm³/mol. The van der Waals surface area contributed by atoms with E-state index in [1.54, 1.807) is 21.0 Å². The highest BCUT2D eigenvalue weighted by atomic mass is 16.8. The van der Waals surface area contributed by atoms with Crippen molar-refractivity contribution in [2.75, 3.05) is 7.11 Å². The normalized spacial score (nSPS) is 37.4. The summed E-state index contributed by atoms with van der Waals surface area (Å²) >= 11 is 0. The maximum absolute atomic E-state index is 11.6. The molecule has 4 rings (SSSR count). The Hall–Kier alpha value is -1.55. The van der Waals surface area contributed by atoms with Gasteiger partial charge in [0.1, 0.15) is 36.3 Å². The molecule has 0 radical (unpaired) electrons. The molecule has 1 aromatic carbocycles. The van der Waals surface area contributed by atoms with E-state index >= 15 is 0 Å². The van der Waals surface area contributed by atoms with E-state index in [1.165, 1.54) is 0 Å². The Kier molecular flexibility index (Phi) is 5.43. The van der Waals surface area contributed by atoms with E-state index in [9.17, 15) is 4.79 Å². The van der Waals surface area contributed by atoms with Crippen LogP contribution in [0.1, 0.15) is 33.3 Å². The topological polar surface area (TPSA) is 81.7 Å². The predicted octanol–water partition coefficient (Wildman–Crippen LogP) is 2.18. The van der Waals surface area contributed by atoms with Gasteiger partial charge in [0.2, 0.25) is 0 Å². The largest absolute Gasteiger partial charge is 0.497 e. The van der Waals surface area contributed by atoms with Crippen molar-refractivity contribution in [1.82, 2.24) is 0 Å². The lowest BCUT2D eigenvalue weighted by Gasteiger charge is -2.27. The van der Waals surface area contributed by atoms with Crippen LogP contribution in [-0.4, -0.2) is 61.8 Å². The van der Waals surface area contributed by atoms with Crippen molar-refractivity contribution < 1.29 is 38.0 Å². The molecule has 3 aliphatic heterocycles. The van der Waals surface area contributed by atoms with E-state index in [0.29, 0.717) is 6.61 Å². The number of ether oxygens (including phenoxy) is 7. The van der Waals surface area contributed by atoms with E-state index in [-0.39, 0.29) is 0 Å². The maximum atomic E-state index is 11.6. The maximum Gasteiger partial charge on any atom is 0.187 e. The zero-order chi connectivity index (χ0) is 20.8. The zero-order valence-corrected chi connectivity index (χ0v) is 17.3. The third-order valence-electron chi connectivity index (χ3n) is 5.24. The van der Waals surface area contributed by atoms with Gasteiger partial charge in [-0.1, -0.05) is 12.1 Å². The molecule has 0 N–H and O–H groups in total. The lowest BCUT2D eigenvalue weighted by atomic mass is 10.0. The van der Waals surface area contributed by atoms with Gasteiger partial charge in [-0.3, -0.25) is 0 Å². The first-order valence-corrected chi connectivity index (χ1v) is 9.78. The van der Waals surface area contributed by atoms with Crippen molar-refractivity contribution in [2.24, 2.45) is 0 Å². The number of aldehydes is 1. The van der Waals surface area contributed by atoms with Crippen LogP contribution in [0, 0.1) is 0 Å². The first-order chi connectivity index (χ1) is 13.7. The molecule has 6 atom stereocenters. The summed E-state index contributed by atoms with van der Waals surface area (Å²) in [5.74, 6) is -0.891. The first-order valence-electron chi connectivity index (χ1n) is 9.78. The lowest BCUT2D eigenvalue weighted by molar-refractivity contribution is -0.250. The van der Waals surface area contributed by atoms with Crippen LogP contribution in [0.5, 0.6) is 5.75 Å². The van der Waals surface area contributed by atoms with Crippen molar-refractivity contribution in [2.45, 2.75) is 82.7 Å². The van der Waals surface area contributed by atoms with Crippen LogP contribution in [0.3, 0.4) is 0 Å². The van der Waals surface area contributed by atoms with Gasteiger partial charge in [0.25, 0.3) is 0 Å². The smallest absolute Gasteiger partial charge is 0.187 e. The number of benzene rings is 1. The highest BCUT2D eigenvalue weighted by Gasteiger charge is 2.61. The standard InChI is InChI=1S/C21H28O8/c1-20(2)26-14(10-22)15(27-20)16-17-18(29-21(3,4)28-17)19(25-16)24-11-12-6-8-13(23-5)9-7-12/h6-10,14-19H,11H2,1-5H3/t14-,15-,16+,17+,18+,19+/m0/s1. The number of methoxy groups -OCH3 is 1. The minimum atomic E-state index is -0.883. The Morgan fingerprint density at radius 1 is 0.897 bits per heavy atom. The molecule has 8 nitrogen and oxygen atoms in total. The quantitative estimate of drug-likeness (QED) is 0.663. The second kappa shape index (κ2) is 7.61. The molecule has 8 heteroatoms. The van der Waals surface area contributed by atoms with Gasteiger partial charge in [-0.05, 0) is 45.4 Å². The Balaban J connectivity index is 1.49. The monoisotopic (exact) mass is 408 g/mol. The molecule has 0 amide bonds. The molecule has 0 bridgehead atoms. The van der Waals surface area contributed by atoms with Crippen LogP contribution in [0.4, 0.5) is 0 Å². The molecule has 0 spiro atoms. The Labute approximate surface area is 170 Å². The molecule has 3 aliphatic rings. The van der Waals surface area contributed by atoms with E-state index in [2.05, 4.69) is 0 Å². The first kappa shape index (κ1) is 20.7. The van der Waals surface area contributed by atoms with Crippen LogP contribution < -0.4 is 4.74 Å². The van der Waals surface area contributed by atoms with Crippen LogP contribution >= 0.6 is 0 Å². The number of hydrogen-bond donors (Lipinski definition) is 0. The fraction of sp³-hybridized carbons (Fsp3) is 0.667. The summed E-state index contributed by atoms with van der Waals surface area (Å²) < 4.78 is 41.1. The zero-order valence-electron chi connectivity index (χ0n) is 17.3. The van der Waals surface area contributed by atoms with E-state index in [0.717, 1.165) is 17.6 Å². The lowest BCUT2D eigenvalue weighted by Crippen LogP contribution is -2.44. The summed E-state index contributed by atoms with van der Waals surface area (Å²) in [6, 6.07) is 7.60. The van der Waals surface area contributed by atoms with Gasteiger partial charge >= 0.3 is 0 Å². The van der Waals surface area contributed by atoms with Crippen molar-refractivity contribution in [1.29, 1.82) is 0 Å². The Morgan fingerprint density at radius 2 is 1.52 bits per heavy atom. The molecule has 1 aromatic rings. The minimum Gasteiger partial charge on any atom is -0.497 e. The van der Waals surface area contributed by atoms with Crippen molar-refractivity contribution in [3.05, 3.63) is 29.8 Å². The molecule has 3 fully saturated rings. The molecule has 160 valence electrons. The second-order valence-corrected chi connectivity index (χ2v) is 8.39. The van der Waals surface area contributed by atoms with Crippen LogP contribution in [0.2, 0.25) is 0 Å². The number of carbonyl (C=O) groups excluding carboxylic acids is 1. The van der Waals surface area contributed by atoms with Crippen LogP contribution in [0.15, 0.2) is 24.3 Å². The fourth-order valence-electron chi connectivity index (χ4n) is 4.07. The highest BCUT2D eigenvalue weighted by Crippen LogP contribution is 2.43. The highest BCUT2D eigenvalue weighted by molar-refractivity contribution is 5.58. The van der Waals surface area contributed by atoms with Crippen LogP contribution in [-0.2, 0) is 39.8 Å². The van der Waals surface area contributed by atoms with E-state index in [4.69, 9.17) is 33.2 Å². The third kappa shape index (κ3) is 4.19. The SMILES string of the molecule is COc1ccc(CO[C@@H]2O[C@H]([C@H]3OC(C)(C)O[C@H]3C=O)[C@H]3OC(C)(C)O[C@@H]23)cc1. The van der Waals surface area contributed by atoms with E-state index in [1.807, 2.05) is 38.1 Å². The van der Waals surface area contributed by atoms with Gasteiger partial charge in [0.15, 0.2) is 24.2 Å². The average Bonchev–Trinajstić information content (AvgIpc) is 3.27. The number of rotatable bonds is 6. The van der Waals surface area contributed by atoms with E-state index < -0.39 is 48.4 Å². The van der Waals surface area contributed by atoms with Crippen molar-refractivity contribution >= 4 is 6.29 Å². The molecular formula is C21H28O8. The van der Waals surface area contributed by atoms with Gasteiger partial charge in [0.05, 0.1) is 13.7 Å². The average molecular weight is 408 g/mol. The summed E-state index contributed by atoms with van der Waals surface area (Å²) in [4.78, 5) is 11.6. The molecule has 0 unspecified atom stereocenters. The number of carbonyl (C=O) groups is 1. The number of hydrogen-bond acceptors (Lipinski definition) is 8. The molecule has 3 saturated heterocycles. The fourth-order valence-corrected chi connectivity index (χ4v) is 4.07. The van der Waals surface area contributed by atoms with Gasteiger partial charge < -0.3 is 38.0 Å². The summed E-state index contributed by atoms with van der Waals surface area (Å²) in [5, 5.41) is 0. The van der Waals surface area contributed by atoms with Gasteiger partial charge in [-0.2, -0.15) is 0 Å². The molecular weight excluding hydrogens is 380 g/mol. The summed E-state index contributed by atoms with van der Waals surface area (Å²) in [6.45, 7) is 7.55. The molecule has 3 heterocycles. The van der Waals surface area contributed by atoms with Crippen LogP contribution in [0.25, 0.3) is 0 Å². The number of fused-ring (bicyclic) bond motifs is 1. The van der Waals surface area contributed by atoms with Gasteiger partial charge in [-0.15, -0.1) is 0 Å².